The average molecular weight is 180 g/mol. The Hall–Kier alpha value is -1.03. The Labute approximate surface area is 78.6 Å². The van der Waals surface area contributed by atoms with Gasteiger partial charge in [0.2, 0.25) is 0 Å². The maximum Gasteiger partial charge on any atom is 0.119 e. The second-order valence-electron chi connectivity index (χ2n) is 3.19. The van der Waals surface area contributed by atoms with Crippen LogP contribution in [-0.2, 0) is 0 Å². The molecule has 1 fully saturated rings. The monoisotopic (exact) mass is 180 g/mol. The first-order valence-corrected chi connectivity index (χ1v) is 4.70. The summed E-state index contributed by atoms with van der Waals surface area (Å²) in [5, 5.41) is 0. The molecular weight excluding hydrogens is 164 g/mol. The van der Waals surface area contributed by atoms with Crippen LogP contribution in [0.15, 0.2) is 19.0 Å². The van der Waals surface area contributed by atoms with Crippen LogP contribution < -0.4 is 5.73 Å². The minimum Gasteiger partial charge on any atom is -0.328 e. The largest absolute Gasteiger partial charge is 0.328 e. The lowest BCUT2D eigenvalue weighted by atomic mass is 9.97. The molecule has 4 nitrogen and oxygen atoms in total. The van der Waals surface area contributed by atoms with Crippen LogP contribution in [0.25, 0.3) is 0 Å². The molecule has 0 aromatic carbocycles. The lowest BCUT2D eigenvalue weighted by Crippen LogP contribution is -2.22. The molecule has 0 radical (unpaired) electrons. The van der Waals surface area contributed by atoms with E-state index in [0.29, 0.717) is 6.04 Å². The number of hydrogen-bond acceptors (Lipinski definition) is 4. The topological polar surface area (TPSA) is 64.7 Å². The zero-order valence-corrected chi connectivity index (χ0v) is 7.76. The third-order valence-corrected chi connectivity index (χ3v) is 2.05. The van der Waals surface area contributed by atoms with E-state index >= 15 is 0 Å². The van der Waals surface area contributed by atoms with Crippen molar-refractivity contribution in [3.8, 4) is 0 Å². The first kappa shape index (κ1) is 10.1. The number of aromatic nitrogens is 3. The Morgan fingerprint density at radius 2 is 1.31 bits per heavy atom. The van der Waals surface area contributed by atoms with Crippen LogP contribution >= 0.6 is 0 Å². The van der Waals surface area contributed by atoms with E-state index in [4.69, 9.17) is 5.73 Å². The summed E-state index contributed by atoms with van der Waals surface area (Å²) in [7, 11) is 0. The summed E-state index contributed by atoms with van der Waals surface area (Å²) in [5.41, 5.74) is 5.63. The molecule has 0 saturated heterocycles. The second kappa shape index (κ2) is 6.48. The summed E-state index contributed by atoms with van der Waals surface area (Å²) in [4.78, 5) is 10.7. The molecule has 1 aromatic rings. The van der Waals surface area contributed by atoms with Gasteiger partial charge in [-0.15, -0.1) is 0 Å². The summed E-state index contributed by atoms with van der Waals surface area (Å²) in [6, 6.07) is 0.536. The lowest BCUT2D eigenvalue weighted by Gasteiger charge is -2.15. The van der Waals surface area contributed by atoms with Crippen molar-refractivity contribution >= 4 is 0 Å². The van der Waals surface area contributed by atoms with E-state index in [1.165, 1.54) is 51.1 Å². The number of nitrogens with two attached hydrogens (primary N) is 1. The highest BCUT2D eigenvalue weighted by molar-refractivity contribution is 4.66. The van der Waals surface area contributed by atoms with Crippen LogP contribution in [0.4, 0.5) is 0 Å². The third kappa shape index (κ3) is 5.25. The molecule has 0 unspecified atom stereocenters. The van der Waals surface area contributed by atoms with Crippen molar-refractivity contribution in [1.82, 2.24) is 15.0 Å². The van der Waals surface area contributed by atoms with Crippen molar-refractivity contribution in [2.45, 2.75) is 38.1 Å². The van der Waals surface area contributed by atoms with Gasteiger partial charge in [-0.05, 0) is 12.8 Å². The predicted octanol–water partition coefficient (Wildman–Crippen LogP) is 1.15. The molecule has 1 saturated carbocycles. The molecule has 1 aliphatic carbocycles. The molecule has 2 N–H and O–H groups in total. The van der Waals surface area contributed by atoms with Crippen LogP contribution in [0.2, 0.25) is 0 Å². The Morgan fingerprint density at radius 3 is 1.54 bits per heavy atom. The van der Waals surface area contributed by atoms with Gasteiger partial charge in [-0.3, -0.25) is 0 Å². The Morgan fingerprint density at radius 1 is 0.846 bits per heavy atom. The zero-order valence-electron chi connectivity index (χ0n) is 7.76. The number of hydrogen-bond donors (Lipinski definition) is 1. The number of nitrogens with zero attached hydrogens (tertiary/aromatic N) is 3. The molecular formula is C9H16N4. The van der Waals surface area contributed by atoms with Crippen molar-refractivity contribution in [2.24, 2.45) is 5.73 Å². The highest BCUT2D eigenvalue weighted by atomic mass is 14.9. The first-order chi connectivity index (χ1) is 6.39. The van der Waals surface area contributed by atoms with Crippen LogP contribution in [-0.4, -0.2) is 21.0 Å². The van der Waals surface area contributed by atoms with E-state index in [-0.39, 0.29) is 0 Å². The van der Waals surface area contributed by atoms with Crippen LogP contribution in [0, 0.1) is 0 Å². The van der Waals surface area contributed by atoms with E-state index in [9.17, 15) is 0 Å². The molecule has 1 heterocycles. The smallest absolute Gasteiger partial charge is 0.119 e. The van der Waals surface area contributed by atoms with E-state index in [1.807, 2.05) is 0 Å². The van der Waals surface area contributed by atoms with E-state index < -0.39 is 0 Å². The van der Waals surface area contributed by atoms with Gasteiger partial charge in [-0.25, -0.2) is 15.0 Å². The van der Waals surface area contributed by atoms with Gasteiger partial charge in [-0.1, -0.05) is 19.3 Å². The average Bonchev–Trinajstić information content (AvgIpc) is 2.22. The lowest BCUT2D eigenvalue weighted by molar-refractivity contribution is 0.441. The van der Waals surface area contributed by atoms with Gasteiger partial charge in [-0.2, -0.15) is 0 Å². The third-order valence-electron chi connectivity index (χ3n) is 2.05. The molecule has 1 aliphatic rings. The number of rotatable bonds is 0. The quantitative estimate of drug-likeness (QED) is 0.650. The van der Waals surface area contributed by atoms with Crippen LogP contribution in [0.5, 0.6) is 0 Å². The fourth-order valence-corrected chi connectivity index (χ4v) is 1.34. The summed E-state index contributed by atoms with van der Waals surface area (Å²) in [6.45, 7) is 0. The summed E-state index contributed by atoms with van der Waals surface area (Å²) in [5.74, 6) is 0. The second-order valence-corrected chi connectivity index (χ2v) is 3.19. The maximum absolute atomic E-state index is 5.63. The van der Waals surface area contributed by atoms with E-state index in [1.54, 1.807) is 0 Å². The molecule has 72 valence electrons. The summed E-state index contributed by atoms with van der Waals surface area (Å²) < 4.78 is 0. The van der Waals surface area contributed by atoms with Gasteiger partial charge in [0.25, 0.3) is 0 Å². The van der Waals surface area contributed by atoms with Crippen molar-refractivity contribution in [2.75, 3.05) is 0 Å². The van der Waals surface area contributed by atoms with Crippen LogP contribution in [0.3, 0.4) is 0 Å². The van der Waals surface area contributed by atoms with Gasteiger partial charge in [0, 0.05) is 6.04 Å². The molecule has 0 atom stereocenters. The molecule has 1 aromatic heterocycles. The van der Waals surface area contributed by atoms with Crippen molar-refractivity contribution in [3.63, 3.8) is 0 Å². The molecule has 0 spiro atoms. The fraction of sp³-hybridized carbons (Fsp3) is 0.667. The highest BCUT2D eigenvalue weighted by Crippen LogP contribution is 2.14. The molecule has 2 rings (SSSR count). The zero-order chi connectivity index (χ0) is 9.36. The molecule has 4 heteroatoms. The molecule has 13 heavy (non-hydrogen) atoms. The molecule has 0 amide bonds. The molecule has 0 aliphatic heterocycles. The van der Waals surface area contributed by atoms with Gasteiger partial charge >= 0.3 is 0 Å². The van der Waals surface area contributed by atoms with Crippen molar-refractivity contribution < 1.29 is 0 Å². The predicted molar refractivity (Wildman–Crippen MR) is 50.9 cm³/mol. The summed E-state index contributed by atoms with van der Waals surface area (Å²) >= 11 is 0. The Balaban J connectivity index is 0.000000132. The van der Waals surface area contributed by atoms with Crippen molar-refractivity contribution in [1.29, 1.82) is 0 Å². The Kier molecular flexibility index (Phi) is 5.01. The highest BCUT2D eigenvalue weighted by Gasteiger charge is 2.06. The van der Waals surface area contributed by atoms with Gasteiger partial charge in [0.05, 0.1) is 0 Å². The van der Waals surface area contributed by atoms with Crippen LogP contribution in [0.1, 0.15) is 32.1 Å². The van der Waals surface area contributed by atoms with E-state index in [2.05, 4.69) is 15.0 Å². The maximum atomic E-state index is 5.63. The first-order valence-electron chi connectivity index (χ1n) is 4.70. The van der Waals surface area contributed by atoms with E-state index in [0.717, 1.165) is 0 Å². The normalized spacial score (nSPS) is 17.3. The van der Waals surface area contributed by atoms with Crippen molar-refractivity contribution in [3.05, 3.63) is 19.0 Å². The molecule has 0 bridgehead atoms. The van der Waals surface area contributed by atoms with Gasteiger partial charge in [0.1, 0.15) is 19.0 Å². The van der Waals surface area contributed by atoms with Gasteiger partial charge in [0.15, 0.2) is 0 Å². The SMILES string of the molecule is NC1CCCCC1.c1ncncn1. The minimum absolute atomic E-state index is 0.536. The van der Waals surface area contributed by atoms with Gasteiger partial charge < -0.3 is 5.73 Å². The minimum atomic E-state index is 0.536. The Bertz CT molecular complexity index is 169. The summed E-state index contributed by atoms with van der Waals surface area (Å²) in [6.07, 6.45) is 11.0. The fourth-order valence-electron chi connectivity index (χ4n) is 1.34. The standard InChI is InChI=1S/C6H13N.C3H3N3/c7-6-4-2-1-3-5-6;1-4-2-6-3-5-1/h6H,1-5,7H2;1-3H.